The van der Waals surface area contributed by atoms with Crippen molar-refractivity contribution in [1.82, 2.24) is 0 Å². The number of carboxylic acid groups (broad SMARTS) is 2. The van der Waals surface area contributed by atoms with Gasteiger partial charge in [0.05, 0.1) is 11.1 Å². The second kappa shape index (κ2) is 8.79. The monoisotopic (exact) mass is 400 g/mol. The van der Waals surface area contributed by atoms with E-state index in [-0.39, 0.29) is 11.1 Å². The summed E-state index contributed by atoms with van der Waals surface area (Å²) >= 11 is 0. The molecule has 150 valence electrons. The van der Waals surface area contributed by atoms with E-state index in [0.717, 1.165) is 0 Å². The molecule has 0 unspecified atom stereocenters. The largest absolute Gasteiger partial charge is 0.478 e. The second-order valence-corrected chi connectivity index (χ2v) is 6.56. The predicted molar refractivity (Wildman–Crippen MR) is 119 cm³/mol. The number of para-hydroxylation sites is 2. The van der Waals surface area contributed by atoms with Crippen LogP contribution in [0.15, 0.2) is 72.8 Å². The fourth-order valence-electron chi connectivity index (χ4n) is 2.99. The van der Waals surface area contributed by atoms with Crippen LogP contribution in [0.5, 0.6) is 0 Å². The van der Waals surface area contributed by atoms with Gasteiger partial charge in [0.25, 0.3) is 0 Å². The standard InChI is InChI=1S/C24H20N2O4/c25-21-10-3-1-6-17(21)13-19(23(27)28)15-8-5-9-16(12-15)20(24(29)30)14-18-7-2-4-11-22(18)26/h1-14H,25-26H2,(H,27,28)(H,29,30)/b19-13+,20-14+. The Morgan fingerprint density at radius 2 is 1.03 bits per heavy atom. The van der Waals surface area contributed by atoms with Gasteiger partial charge in [-0.2, -0.15) is 0 Å². The lowest BCUT2D eigenvalue weighted by molar-refractivity contribution is -0.131. The Hall–Kier alpha value is -4.32. The Kier molecular flexibility index (Phi) is 5.98. The molecule has 3 aromatic rings. The first kappa shape index (κ1) is 20.4. The van der Waals surface area contributed by atoms with E-state index in [1.54, 1.807) is 66.7 Å². The average Bonchev–Trinajstić information content (AvgIpc) is 2.72. The molecule has 3 rings (SSSR count). The minimum Gasteiger partial charge on any atom is -0.478 e. The number of nitrogens with two attached hydrogens (primary N) is 2. The van der Waals surface area contributed by atoms with Gasteiger partial charge in [-0.1, -0.05) is 54.6 Å². The maximum Gasteiger partial charge on any atom is 0.336 e. The van der Waals surface area contributed by atoms with E-state index < -0.39 is 11.9 Å². The summed E-state index contributed by atoms with van der Waals surface area (Å²) in [7, 11) is 0. The van der Waals surface area contributed by atoms with E-state index in [0.29, 0.717) is 33.6 Å². The van der Waals surface area contributed by atoms with Gasteiger partial charge in [0.1, 0.15) is 0 Å². The summed E-state index contributed by atoms with van der Waals surface area (Å²) in [4.78, 5) is 23.8. The van der Waals surface area contributed by atoms with Gasteiger partial charge < -0.3 is 21.7 Å². The summed E-state index contributed by atoms with van der Waals surface area (Å²) in [6.07, 6.45) is 2.94. The maximum atomic E-state index is 11.9. The fraction of sp³-hybridized carbons (Fsp3) is 0. The number of carbonyl (C=O) groups is 2. The van der Waals surface area contributed by atoms with Gasteiger partial charge in [0.2, 0.25) is 0 Å². The molecule has 6 heteroatoms. The lowest BCUT2D eigenvalue weighted by Gasteiger charge is -2.09. The number of anilines is 2. The van der Waals surface area contributed by atoms with Crippen LogP contribution < -0.4 is 11.5 Å². The topological polar surface area (TPSA) is 127 Å². The molecule has 0 saturated carbocycles. The highest BCUT2D eigenvalue weighted by atomic mass is 16.4. The Bertz CT molecular complexity index is 1090. The third kappa shape index (κ3) is 4.56. The van der Waals surface area contributed by atoms with E-state index in [2.05, 4.69) is 0 Å². The van der Waals surface area contributed by atoms with Gasteiger partial charge >= 0.3 is 11.9 Å². The number of benzene rings is 3. The summed E-state index contributed by atoms with van der Waals surface area (Å²) < 4.78 is 0. The molecule has 0 aromatic heterocycles. The average molecular weight is 400 g/mol. The Morgan fingerprint density at radius 3 is 1.40 bits per heavy atom. The molecule has 0 saturated heterocycles. The van der Waals surface area contributed by atoms with E-state index in [1.807, 2.05) is 0 Å². The van der Waals surface area contributed by atoms with Crippen molar-refractivity contribution in [2.24, 2.45) is 0 Å². The van der Waals surface area contributed by atoms with Crippen LogP contribution in [-0.4, -0.2) is 22.2 Å². The van der Waals surface area contributed by atoms with Gasteiger partial charge in [0.15, 0.2) is 0 Å². The third-order valence-corrected chi connectivity index (χ3v) is 4.54. The number of nitrogen functional groups attached to an aromatic ring is 2. The molecule has 0 bridgehead atoms. The minimum atomic E-state index is -1.15. The molecule has 6 N–H and O–H groups in total. The lowest BCUT2D eigenvalue weighted by Crippen LogP contribution is -2.04. The molecule has 6 nitrogen and oxygen atoms in total. The Morgan fingerprint density at radius 1 is 0.633 bits per heavy atom. The van der Waals surface area contributed by atoms with Crippen LogP contribution in [0.25, 0.3) is 23.3 Å². The number of aliphatic carboxylic acids is 2. The van der Waals surface area contributed by atoms with E-state index in [9.17, 15) is 19.8 Å². The van der Waals surface area contributed by atoms with Crippen molar-refractivity contribution >= 4 is 46.6 Å². The van der Waals surface area contributed by atoms with Crippen LogP contribution in [-0.2, 0) is 9.59 Å². The van der Waals surface area contributed by atoms with Crippen LogP contribution in [0.1, 0.15) is 22.3 Å². The highest BCUT2D eigenvalue weighted by molar-refractivity contribution is 6.23. The highest BCUT2D eigenvalue weighted by Crippen LogP contribution is 2.27. The first-order valence-electron chi connectivity index (χ1n) is 9.06. The fourth-order valence-corrected chi connectivity index (χ4v) is 2.99. The van der Waals surface area contributed by atoms with E-state index in [1.165, 1.54) is 18.2 Å². The third-order valence-electron chi connectivity index (χ3n) is 4.54. The maximum absolute atomic E-state index is 11.9. The molecule has 0 aliphatic rings. The molecule has 0 spiro atoms. The summed E-state index contributed by atoms with van der Waals surface area (Å²) in [5.74, 6) is -2.30. The first-order valence-corrected chi connectivity index (χ1v) is 9.06. The Labute approximate surface area is 173 Å². The molecule has 0 aliphatic carbocycles. The van der Waals surface area contributed by atoms with Gasteiger partial charge in [-0.05, 0) is 52.6 Å². The van der Waals surface area contributed by atoms with Crippen LogP contribution in [0.3, 0.4) is 0 Å². The van der Waals surface area contributed by atoms with Crippen molar-refractivity contribution in [1.29, 1.82) is 0 Å². The van der Waals surface area contributed by atoms with Gasteiger partial charge in [-0.15, -0.1) is 0 Å². The first-order chi connectivity index (χ1) is 14.4. The van der Waals surface area contributed by atoms with Crippen molar-refractivity contribution in [2.45, 2.75) is 0 Å². The molecule has 0 aliphatic heterocycles. The number of carboxylic acids is 2. The molecular formula is C24H20N2O4. The highest BCUT2D eigenvalue weighted by Gasteiger charge is 2.16. The minimum absolute atomic E-state index is 0.00119. The zero-order valence-corrected chi connectivity index (χ0v) is 15.9. The van der Waals surface area contributed by atoms with E-state index in [4.69, 9.17) is 11.5 Å². The van der Waals surface area contributed by atoms with Crippen LogP contribution in [0.2, 0.25) is 0 Å². The predicted octanol–water partition coefficient (Wildman–Crippen LogP) is 4.10. The number of hydrogen-bond donors (Lipinski definition) is 4. The summed E-state index contributed by atoms with van der Waals surface area (Å²) in [5, 5.41) is 19.5. The van der Waals surface area contributed by atoms with Crippen molar-refractivity contribution < 1.29 is 19.8 Å². The molecule has 0 amide bonds. The molecular weight excluding hydrogens is 380 g/mol. The molecule has 3 aromatic carbocycles. The van der Waals surface area contributed by atoms with Crippen LogP contribution in [0, 0.1) is 0 Å². The molecule has 30 heavy (non-hydrogen) atoms. The normalized spacial score (nSPS) is 11.9. The molecule has 0 atom stereocenters. The lowest BCUT2D eigenvalue weighted by atomic mass is 9.96. The quantitative estimate of drug-likeness (QED) is 0.280. The van der Waals surface area contributed by atoms with Crippen molar-refractivity contribution in [3.05, 3.63) is 95.1 Å². The van der Waals surface area contributed by atoms with Gasteiger partial charge in [-0.25, -0.2) is 9.59 Å². The van der Waals surface area contributed by atoms with Crippen LogP contribution >= 0.6 is 0 Å². The number of rotatable bonds is 6. The van der Waals surface area contributed by atoms with Crippen molar-refractivity contribution in [3.8, 4) is 0 Å². The SMILES string of the molecule is Nc1ccccc1/C=C(/C(=O)O)c1cccc(/C(=C\c2ccccc2N)C(=O)O)c1. The summed E-state index contributed by atoms with van der Waals surface area (Å²) in [6, 6.07) is 20.2. The van der Waals surface area contributed by atoms with Crippen LogP contribution in [0.4, 0.5) is 11.4 Å². The smallest absolute Gasteiger partial charge is 0.336 e. The zero-order chi connectivity index (χ0) is 21.7. The Balaban J connectivity index is 2.11. The summed E-state index contributed by atoms with van der Waals surface area (Å²) in [6.45, 7) is 0. The van der Waals surface area contributed by atoms with Crippen molar-refractivity contribution in [3.63, 3.8) is 0 Å². The van der Waals surface area contributed by atoms with Crippen molar-refractivity contribution in [2.75, 3.05) is 11.5 Å². The van der Waals surface area contributed by atoms with E-state index >= 15 is 0 Å². The molecule has 0 heterocycles. The summed E-state index contributed by atoms with van der Waals surface area (Å²) in [5.41, 5.74) is 14.6. The molecule has 0 radical (unpaired) electrons. The van der Waals surface area contributed by atoms with Gasteiger partial charge in [0, 0.05) is 11.4 Å². The zero-order valence-electron chi connectivity index (χ0n) is 15.9. The number of hydrogen-bond acceptors (Lipinski definition) is 4. The second-order valence-electron chi connectivity index (χ2n) is 6.56. The molecule has 0 fully saturated rings. The van der Waals surface area contributed by atoms with Gasteiger partial charge in [-0.3, -0.25) is 0 Å².